The van der Waals surface area contributed by atoms with Gasteiger partial charge < -0.3 is 25.3 Å². The molecule has 0 spiro atoms. The minimum Gasteiger partial charge on any atom is -0.374 e. The van der Waals surface area contributed by atoms with Gasteiger partial charge in [0.15, 0.2) is 5.96 Å². The van der Waals surface area contributed by atoms with Crippen LogP contribution in [-0.2, 0) is 11.2 Å². The summed E-state index contributed by atoms with van der Waals surface area (Å²) < 4.78 is 5.78. The summed E-state index contributed by atoms with van der Waals surface area (Å²) in [6, 6.07) is 8.41. The van der Waals surface area contributed by atoms with Crippen molar-refractivity contribution in [1.29, 1.82) is 0 Å². The Morgan fingerprint density at radius 2 is 2.24 bits per heavy atom. The van der Waals surface area contributed by atoms with Crippen LogP contribution in [0.4, 0.5) is 0 Å². The zero-order valence-corrected chi connectivity index (χ0v) is 15.2. The number of aromatic amines is 1. The van der Waals surface area contributed by atoms with Gasteiger partial charge in [-0.25, -0.2) is 0 Å². The van der Waals surface area contributed by atoms with Crippen LogP contribution in [0.15, 0.2) is 35.5 Å². The van der Waals surface area contributed by atoms with Crippen LogP contribution >= 0.6 is 0 Å². The summed E-state index contributed by atoms with van der Waals surface area (Å²) in [5.74, 6) is 0.860. The maximum absolute atomic E-state index is 5.78. The molecule has 0 bridgehead atoms. The Hall–Kier alpha value is -2.05. The van der Waals surface area contributed by atoms with E-state index in [9.17, 15) is 0 Å². The van der Waals surface area contributed by atoms with E-state index in [4.69, 9.17) is 4.74 Å². The molecule has 6 nitrogen and oxygen atoms in total. The maximum atomic E-state index is 5.78. The molecule has 1 saturated heterocycles. The van der Waals surface area contributed by atoms with E-state index >= 15 is 0 Å². The van der Waals surface area contributed by atoms with Crippen molar-refractivity contribution < 1.29 is 4.74 Å². The maximum Gasteiger partial charge on any atom is 0.191 e. The van der Waals surface area contributed by atoms with Gasteiger partial charge in [0.05, 0.1) is 19.3 Å². The number of aliphatic imine (C=N–C) groups is 1. The first-order valence-electron chi connectivity index (χ1n) is 9.13. The third-order valence-electron chi connectivity index (χ3n) is 4.50. The number of benzene rings is 1. The van der Waals surface area contributed by atoms with Gasteiger partial charge in [-0.2, -0.15) is 0 Å². The van der Waals surface area contributed by atoms with Gasteiger partial charge in [0.25, 0.3) is 0 Å². The molecule has 3 rings (SSSR count). The van der Waals surface area contributed by atoms with Gasteiger partial charge in [-0.15, -0.1) is 0 Å². The van der Waals surface area contributed by atoms with Crippen molar-refractivity contribution >= 4 is 16.9 Å². The largest absolute Gasteiger partial charge is 0.374 e. The molecule has 1 fully saturated rings. The summed E-state index contributed by atoms with van der Waals surface area (Å²) in [5, 5.41) is 8.04. The molecule has 2 aromatic rings. The third-order valence-corrected chi connectivity index (χ3v) is 4.50. The molecular weight excluding hydrogens is 314 g/mol. The molecule has 1 aliphatic rings. The molecule has 0 saturated carbocycles. The second kappa shape index (κ2) is 8.87. The van der Waals surface area contributed by atoms with Gasteiger partial charge in [0.2, 0.25) is 0 Å². The number of guanidine groups is 1. The van der Waals surface area contributed by atoms with Gasteiger partial charge in [-0.1, -0.05) is 18.2 Å². The van der Waals surface area contributed by atoms with E-state index in [1.807, 2.05) is 0 Å². The van der Waals surface area contributed by atoms with E-state index in [0.29, 0.717) is 6.54 Å². The lowest BCUT2D eigenvalue weighted by Gasteiger charge is -2.29. The van der Waals surface area contributed by atoms with Crippen molar-refractivity contribution in [3.05, 3.63) is 36.0 Å². The Labute approximate surface area is 149 Å². The van der Waals surface area contributed by atoms with Crippen molar-refractivity contribution in [2.24, 2.45) is 4.99 Å². The van der Waals surface area contributed by atoms with Crippen molar-refractivity contribution in [2.75, 3.05) is 46.4 Å². The first-order chi connectivity index (χ1) is 12.3. The summed E-state index contributed by atoms with van der Waals surface area (Å²) in [6.07, 6.45) is 3.24. The zero-order chi connectivity index (χ0) is 17.5. The van der Waals surface area contributed by atoms with E-state index in [0.717, 1.165) is 45.2 Å². The number of likely N-dealkylation sites (N-methyl/N-ethyl adjacent to an activating group) is 1. The SMILES string of the molecule is CCNC(=NCC1CN(C)CCO1)NCCc1c[nH]c2ccccc12. The summed E-state index contributed by atoms with van der Waals surface area (Å²) in [7, 11) is 2.13. The normalized spacial score (nSPS) is 19.3. The molecule has 0 radical (unpaired) electrons. The number of nitrogens with one attached hydrogen (secondary N) is 3. The highest BCUT2D eigenvalue weighted by atomic mass is 16.5. The molecule has 1 aromatic heterocycles. The van der Waals surface area contributed by atoms with Crippen molar-refractivity contribution in [2.45, 2.75) is 19.4 Å². The second-order valence-corrected chi connectivity index (χ2v) is 6.51. The van der Waals surface area contributed by atoms with Crippen LogP contribution in [0, 0.1) is 0 Å². The summed E-state index contributed by atoms with van der Waals surface area (Å²) in [6.45, 7) is 7.21. The number of fused-ring (bicyclic) bond motifs is 1. The monoisotopic (exact) mass is 343 g/mol. The fourth-order valence-corrected chi connectivity index (χ4v) is 3.17. The zero-order valence-electron chi connectivity index (χ0n) is 15.2. The fourth-order valence-electron chi connectivity index (χ4n) is 3.17. The fraction of sp³-hybridized carbons (Fsp3) is 0.526. The lowest BCUT2D eigenvalue weighted by atomic mass is 10.1. The highest BCUT2D eigenvalue weighted by molar-refractivity contribution is 5.83. The quantitative estimate of drug-likeness (QED) is 0.551. The molecule has 3 N–H and O–H groups in total. The van der Waals surface area contributed by atoms with E-state index in [2.05, 4.69) is 69.9 Å². The van der Waals surface area contributed by atoms with Crippen LogP contribution in [0.5, 0.6) is 0 Å². The molecule has 0 amide bonds. The van der Waals surface area contributed by atoms with Crippen LogP contribution in [-0.4, -0.2) is 68.3 Å². The number of morpholine rings is 1. The number of H-pyrrole nitrogens is 1. The first-order valence-corrected chi connectivity index (χ1v) is 9.13. The molecule has 1 aliphatic heterocycles. The number of hydrogen-bond donors (Lipinski definition) is 3. The average Bonchev–Trinajstić information content (AvgIpc) is 3.03. The predicted octanol–water partition coefficient (Wildman–Crippen LogP) is 1.60. The number of aromatic nitrogens is 1. The summed E-state index contributed by atoms with van der Waals surface area (Å²) >= 11 is 0. The van der Waals surface area contributed by atoms with Gasteiger partial charge in [-0.05, 0) is 32.0 Å². The summed E-state index contributed by atoms with van der Waals surface area (Å²) in [4.78, 5) is 10.3. The lowest BCUT2D eigenvalue weighted by Crippen LogP contribution is -2.43. The first kappa shape index (κ1) is 17.8. The Kier molecular flexibility index (Phi) is 6.30. The van der Waals surface area contributed by atoms with Crippen LogP contribution in [0.25, 0.3) is 10.9 Å². The number of rotatable bonds is 6. The molecule has 1 unspecified atom stereocenters. The van der Waals surface area contributed by atoms with E-state index in [1.165, 1.54) is 16.5 Å². The van der Waals surface area contributed by atoms with Crippen LogP contribution in [0.3, 0.4) is 0 Å². The highest BCUT2D eigenvalue weighted by Gasteiger charge is 2.17. The van der Waals surface area contributed by atoms with Gasteiger partial charge in [0, 0.05) is 43.3 Å². The van der Waals surface area contributed by atoms with Crippen LogP contribution in [0.1, 0.15) is 12.5 Å². The molecule has 136 valence electrons. The minimum absolute atomic E-state index is 0.183. The predicted molar refractivity (Wildman–Crippen MR) is 103 cm³/mol. The Morgan fingerprint density at radius 3 is 3.08 bits per heavy atom. The Balaban J connectivity index is 1.52. The number of ether oxygens (including phenoxy) is 1. The summed E-state index contributed by atoms with van der Waals surface area (Å²) in [5.41, 5.74) is 2.52. The van der Waals surface area contributed by atoms with Crippen molar-refractivity contribution in [3.8, 4) is 0 Å². The molecule has 6 heteroatoms. The molecule has 25 heavy (non-hydrogen) atoms. The number of para-hydroxylation sites is 1. The average molecular weight is 343 g/mol. The Morgan fingerprint density at radius 1 is 1.36 bits per heavy atom. The molecule has 1 atom stereocenters. The van der Waals surface area contributed by atoms with Crippen molar-refractivity contribution in [3.63, 3.8) is 0 Å². The van der Waals surface area contributed by atoms with Gasteiger partial charge >= 0.3 is 0 Å². The minimum atomic E-state index is 0.183. The smallest absolute Gasteiger partial charge is 0.191 e. The Bertz CT molecular complexity index is 696. The van der Waals surface area contributed by atoms with E-state index < -0.39 is 0 Å². The second-order valence-electron chi connectivity index (χ2n) is 6.51. The standard InChI is InChI=1S/C19H29N5O/c1-3-20-19(23-13-16-14-24(2)10-11-25-16)21-9-8-15-12-22-18-7-5-4-6-17(15)18/h4-7,12,16,22H,3,8-11,13-14H2,1-2H3,(H2,20,21,23). The van der Waals surface area contributed by atoms with Gasteiger partial charge in [0.1, 0.15) is 0 Å². The van der Waals surface area contributed by atoms with E-state index in [1.54, 1.807) is 0 Å². The molecule has 1 aromatic carbocycles. The van der Waals surface area contributed by atoms with Crippen molar-refractivity contribution in [1.82, 2.24) is 20.5 Å². The lowest BCUT2D eigenvalue weighted by molar-refractivity contribution is -0.0136. The third kappa shape index (κ3) is 4.96. The topological polar surface area (TPSA) is 64.7 Å². The molecule has 0 aliphatic carbocycles. The van der Waals surface area contributed by atoms with Gasteiger partial charge in [-0.3, -0.25) is 4.99 Å². The van der Waals surface area contributed by atoms with Crippen LogP contribution < -0.4 is 10.6 Å². The van der Waals surface area contributed by atoms with E-state index in [-0.39, 0.29) is 6.10 Å². The highest BCUT2D eigenvalue weighted by Crippen LogP contribution is 2.17. The molecule has 2 heterocycles. The number of hydrogen-bond acceptors (Lipinski definition) is 3. The van der Waals surface area contributed by atoms with Crippen LogP contribution in [0.2, 0.25) is 0 Å². The number of nitrogens with zero attached hydrogens (tertiary/aromatic N) is 2. The molecular formula is C19H29N5O.